The van der Waals surface area contributed by atoms with Crippen molar-refractivity contribution < 1.29 is 9.32 Å². The van der Waals surface area contributed by atoms with Gasteiger partial charge in [-0.25, -0.2) is 0 Å². The van der Waals surface area contributed by atoms with Gasteiger partial charge in [0.25, 0.3) is 5.91 Å². The molecule has 0 aromatic carbocycles. The van der Waals surface area contributed by atoms with E-state index >= 15 is 0 Å². The quantitative estimate of drug-likeness (QED) is 0.869. The van der Waals surface area contributed by atoms with E-state index in [4.69, 9.17) is 4.52 Å². The summed E-state index contributed by atoms with van der Waals surface area (Å²) in [6.07, 6.45) is 2.31. The molecule has 1 saturated heterocycles. The Bertz CT molecular complexity index is 640. The van der Waals surface area contributed by atoms with Crippen molar-refractivity contribution in [1.29, 1.82) is 0 Å². The van der Waals surface area contributed by atoms with Gasteiger partial charge in [0, 0.05) is 44.7 Å². The minimum atomic E-state index is 0.00540. The fourth-order valence-corrected chi connectivity index (χ4v) is 3.52. The summed E-state index contributed by atoms with van der Waals surface area (Å²) in [7, 11) is 0. The van der Waals surface area contributed by atoms with E-state index in [1.165, 1.54) is 5.56 Å². The Morgan fingerprint density at radius 3 is 2.82 bits per heavy atom. The molecule has 2 aromatic rings. The van der Waals surface area contributed by atoms with Crippen LogP contribution < -0.4 is 0 Å². The summed E-state index contributed by atoms with van der Waals surface area (Å²) >= 11 is 1.73. The van der Waals surface area contributed by atoms with Crippen LogP contribution in [0.15, 0.2) is 27.4 Å². The van der Waals surface area contributed by atoms with E-state index in [-0.39, 0.29) is 5.91 Å². The first kappa shape index (κ1) is 14.0. The molecule has 22 heavy (non-hydrogen) atoms. The molecule has 0 radical (unpaired) electrons. The average molecular weight is 317 g/mol. The Labute approximate surface area is 133 Å². The van der Waals surface area contributed by atoms with E-state index in [2.05, 4.69) is 26.9 Å². The molecule has 2 aliphatic rings. The molecule has 1 aliphatic heterocycles. The molecular formula is C16H19N3O2S. The monoisotopic (exact) mass is 317 g/mol. The van der Waals surface area contributed by atoms with Gasteiger partial charge in [0.15, 0.2) is 5.69 Å². The van der Waals surface area contributed by atoms with Crippen LogP contribution in [0.25, 0.3) is 0 Å². The Morgan fingerprint density at radius 1 is 1.32 bits per heavy atom. The second kappa shape index (κ2) is 5.85. The number of nitrogens with zero attached hydrogens (tertiary/aromatic N) is 3. The number of rotatable bonds is 4. The lowest BCUT2D eigenvalue weighted by Gasteiger charge is -2.34. The SMILES string of the molecule is O=C(c1cc(C2CC2)on1)N1CCN(Cc2ccsc2)CC1. The highest BCUT2D eigenvalue weighted by molar-refractivity contribution is 7.07. The first-order valence-electron chi connectivity index (χ1n) is 7.79. The zero-order chi connectivity index (χ0) is 14.9. The van der Waals surface area contributed by atoms with Crippen LogP contribution in [0.4, 0.5) is 0 Å². The maximum absolute atomic E-state index is 12.5. The molecule has 3 heterocycles. The first-order valence-corrected chi connectivity index (χ1v) is 8.73. The van der Waals surface area contributed by atoms with Gasteiger partial charge in [-0.15, -0.1) is 0 Å². The lowest BCUT2D eigenvalue weighted by molar-refractivity contribution is 0.0618. The molecule has 4 rings (SSSR count). The minimum Gasteiger partial charge on any atom is -0.360 e. The van der Waals surface area contributed by atoms with E-state index in [1.807, 2.05) is 11.0 Å². The van der Waals surface area contributed by atoms with Gasteiger partial charge in [-0.3, -0.25) is 9.69 Å². The normalized spacial score (nSPS) is 19.5. The number of thiophene rings is 1. The molecule has 0 atom stereocenters. The lowest BCUT2D eigenvalue weighted by Crippen LogP contribution is -2.48. The van der Waals surface area contributed by atoms with Gasteiger partial charge >= 0.3 is 0 Å². The Hall–Kier alpha value is -1.66. The Morgan fingerprint density at radius 2 is 2.14 bits per heavy atom. The molecule has 5 nitrogen and oxygen atoms in total. The molecular weight excluding hydrogens is 298 g/mol. The standard InChI is InChI=1S/C16H19N3O2S/c20-16(14-9-15(21-17-14)13-1-2-13)19-6-4-18(5-7-19)10-12-3-8-22-11-12/h3,8-9,11,13H,1-2,4-7,10H2. The number of piperazine rings is 1. The summed E-state index contributed by atoms with van der Waals surface area (Å²) in [6, 6.07) is 3.99. The van der Waals surface area contributed by atoms with Gasteiger partial charge in [-0.1, -0.05) is 5.16 Å². The molecule has 2 aromatic heterocycles. The van der Waals surface area contributed by atoms with Crippen molar-refractivity contribution in [1.82, 2.24) is 15.0 Å². The maximum atomic E-state index is 12.5. The van der Waals surface area contributed by atoms with E-state index in [1.54, 1.807) is 11.3 Å². The number of aromatic nitrogens is 1. The molecule has 1 amide bonds. The second-order valence-corrected chi connectivity index (χ2v) is 6.87. The smallest absolute Gasteiger partial charge is 0.276 e. The van der Waals surface area contributed by atoms with Crippen LogP contribution in [-0.4, -0.2) is 47.0 Å². The van der Waals surface area contributed by atoms with E-state index < -0.39 is 0 Å². The summed E-state index contributed by atoms with van der Waals surface area (Å²) < 4.78 is 5.29. The highest BCUT2D eigenvalue weighted by atomic mass is 32.1. The largest absolute Gasteiger partial charge is 0.360 e. The number of hydrogen-bond donors (Lipinski definition) is 0. The minimum absolute atomic E-state index is 0.00540. The highest BCUT2D eigenvalue weighted by Crippen LogP contribution is 2.40. The summed E-state index contributed by atoms with van der Waals surface area (Å²) in [5.41, 5.74) is 1.82. The average Bonchev–Trinajstić information content (AvgIpc) is 3.06. The third kappa shape index (κ3) is 2.94. The number of carbonyl (C=O) groups excluding carboxylic acids is 1. The Kier molecular flexibility index (Phi) is 3.72. The van der Waals surface area contributed by atoms with Crippen LogP contribution in [0.1, 0.15) is 40.6 Å². The van der Waals surface area contributed by atoms with Crippen molar-refractivity contribution in [3.8, 4) is 0 Å². The fraction of sp³-hybridized carbons (Fsp3) is 0.500. The maximum Gasteiger partial charge on any atom is 0.276 e. The summed E-state index contributed by atoms with van der Waals surface area (Å²) in [6.45, 7) is 4.31. The molecule has 116 valence electrons. The second-order valence-electron chi connectivity index (χ2n) is 6.09. The van der Waals surface area contributed by atoms with Gasteiger partial charge < -0.3 is 9.42 Å². The van der Waals surface area contributed by atoms with Crippen LogP contribution in [0.2, 0.25) is 0 Å². The third-order valence-electron chi connectivity index (χ3n) is 4.37. The van der Waals surface area contributed by atoms with Crippen LogP contribution in [0.5, 0.6) is 0 Å². The van der Waals surface area contributed by atoms with E-state index in [0.29, 0.717) is 11.6 Å². The van der Waals surface area contributed by atoms with Crippen LogP contribution in [0.3, 0.4) is 0 Å². The number of amides is 1. The lowest BCUT2D eigenvalue weighted by atomic mass is 10.2. The molecule has 1 saturated carbocycles. The van der Waals surface area contributed by atoms with Crippen molar-refractivity contribution in [3.63, 3.8) is 0 Å². The van der Waals surface area contributed by atoms with Crippen LogP contribution >= 0.6 is 11.3 Å². The zero-order valence-electron chi connectivity index (χ0n) is 12.4. The van der Waals surface area contributed by atoms with Crippen molar-refractivity contribution in [3.05, 3.63) is 39.9 Å². The van der Waals surface area contributed by atoms with Gasteiger partial charge in [0.05, 0.1) is 0 Å². The fourth-order valence-electron chi connectivity index (χ4n) is 2.86. The highest BCUT2D eigenvalue weighted by Gasteiger charge is 2.30. The van der Waals surface area contributed by atoms with Crippen molar-refractivity contribution in [2.75, 3.05) is 26.2 Å². The van der Waals surface area contributed by atoms with Crippen molar-refractivity contribution in [2.45, 2.75) is 25.3 Å². The van der Waals surface area contributed by atoms with Gasteiger partial charge in [-0.2, -0.15) is 11.3 Å². The Balaban J connectivity index is 1.33. The summed E-state index contributed by atoms with van der Waals surface area (Å²) in [5, 5.41) is 8.25. The van der Waals surface area contributed by atoms with Gasteiger partial charge in [0.2, 0.25) is 0 Å². The molecule has 0 bridgehead atoms. The topological polar surface area (TPSA) is 49.6 Å². The molecule has 1 aliphatic carbocycles. The molecule has 0 unspecified atom stereocenters. The zero-order valence-corrected chi connectivity index (χ0v) is 13.2. The molecule has 0 spiro atoms. The summed E-state index contributed by atoms with van der Waals surface area (Å²) in [4.78, 5) is 16.7. The van der Waals surface area contributed by atoms with E-state index in [0.717, 1.165) is 51.3 Å². The van der Waals surface area contributed by atoms with Gasteiger partial charge in [0.1, 0.15) is 5.76 Å². The van der Waals surface area contributed by atoms with Crippen molar-refractivity contribution in [2.24, 2.45) is 0 Å². The van der Waals surface area contributed by atoms with Crippen LogP contribution in [-0.2, 0) is 6.54 Å². The van der Waals surface area contributed by atoms with Crippen molar-refractivity contribution >= 4 is 17.2 Å². The predicted molar refractivity (Wildman–Crippen MR) is 84.0 cm³/mol. The summed E-state index contributed by atoms with van der Waals surface area (Å²) in [5.74, 6) is 1.38. The van der Waals surface area contributed by atoms with Crippen LogP contribution in [0, 0.1) is 0 Å². The van der Waals surface area contributed by atoms with Gasteiger partial charge in [-0.05, 0) is 35.2 Å². The number of carbonyl (C=O) groups is 1. The molecule has 6 heteroatoms. The molecule has 0 N–H and O–H groups in total. The number of hydrogen-bond acceptors (Lipinski definition) is 5. The van der Waals surface area contributed by atoms with E-state index in [9.17, 15) is 4.79 Å². The predicted octanol–water partition coefficient (Wildman–Crippen LogP) is 2.57. The first-order chi connectivity index (χ1) is 10.8. The molecule has 2 fully saturated rings. The third-order valence-corrected chi connectivity index (χ3v) is 5.11.